The summed E-state index contributed by atoms with van der Waals surface area (Å²) in [6.45, 7) is 0. The molecule has 2 aliphatic rings. The molecular formula is C12H19NO. The second-order valence-corrected chi connectivity index (χ2v) is 4.49. The van der Waals surface area contributed by atoms with Gasteiger partial charge in [-0.25, -0.2) is 0 Å². The van der Waals surface area contributed by atoms with Gasteiger partial charge in [0.15, 0.2) is 5.78 Å². The predicted molar refractivity (Wildman–Crippen MR) is 57.2 cm³/mol. The molecule has 2 nitrogen and oxygen atoms in total. The summed E-state index contributed by atoms with van der Waals surface area (Å²) >= 11 is 0. The maximum atomic E-state index is 12.2. The maximum Gasteiger partial charge on any atom is 0.178 e. The van der Waals surface area contributed by atoms with Crippen molar-refractivity contribution in [3.8, 4) is 0 Å². The van der Waals surface area contributed by atoms with Gasteiger partial charge in [-0.05, 0) is 57.6 Å². The zero-order chi connectivity index (χ0) is 10.0. The normalized spacial score (nSPS) is 25.1. The van der Waals surface area contributed by atoms with Crippen molar-refractivity contribution < 1.29 is 4.79 Å². The fourth-order valence-electron chi connectivity index (χ4n) is 2.47. The first-order chi connectivity index (χ1) is 6.78. The third-order valence-electron chi connectivity index (χ3n) is 3.70. The molecule has 1 fully saturated rings. The van der Waals surface area contributed by atoms with Crippen LogP contribution in [-0.4, -0.2) is 18.4 Å². The molecular weight excluding hydrogens is 174 g/mol. The number of likely N-dealkylation sites (N-methyl/N-ethyl adjacent to an activating group) is 1. The maximum absolute atomic E-state index is 12.2. The summed E-state index contributed by atoms with van der Waals surface area (Å²) in [6, 6.07) is 0. The molecule has 0 radical (unpaired) electrons. The lowest BCUT2D eigenvalue weighted by Gasteiger charge is -2.41. The van der Waals surface area contributed by atoms with E-state index in [9.17, 15) is 4.79 Å². The molecule has 0 aromatic rings. The Morgan fingerprint density at radius 2 is 2.14 bits per heavy atom. The van der Waals surface area contributed by atoms with Crippen molar-refractivity contribution in [3.63, 3.8) is 0 Å². The Bertz CT molecular complexity index is 258. The van der Waals surface area contributed by atoms with Crippen LogP contribution in [0.5, 0.6) is 0 Å². The number of hydrogen-bond donors (Lipinski definition) is 1. The van der Waals surface area contributed by atoms with Gasteiger partial charge >= 0.3 is 0 Å². The Morgan fingerprint density at radius 1 is 1.36 bits per heavy atom. The van der Waals surface area contributed by atoms with E-state index in [1.807, 2.05) is 7.05 Å². The third kappa shape index (κ3) is 1.52. The molecule has 0 aromatic heterocycles. The molecule has 78 valence electrons. The average molecular weight is 193 g/mol. The van der Waals surface area contributed by atoms with E-state index < -0.39 is 0 Å². The van der Waals surface area contributed by atoms with Gasteiger partial charge in [-0.15, -0.1) is 0 Å². The molecule has 0 atom stereocenters. The van der Waals surface area contributed by atoms with Gasteiger partial charge < -0.3 is 5.32 Å². The van der Waals surface area contributed by atoms with Crippen LogP contribution in [0.2, 0.25) is 0 Å². The molecule has 14 heavy (non-hydrogen) atoms. The number of ketones is 1. The van der Waals surface area contributed by atoms with Crippen LogP contribution in [0, 0.1) is 0 Å². The van der Waals surface area contributed by atoms with Crippen molar-refractivity contribution in [1.29, 1.82) is 0 Å². The van der Waals surface area contributed by atoms with Gasteiger partial charge in [-0.2, -0.15) is 0 Å². The summed E-state index contributed by atoms with van der Waals surface area (Å²) in [7, 11) is 1.92. The SMILES string of the molecule is CNC1(C(=O)C2=CCCCC2)CCC1. The molecule has 0 heterocycles. The van der Waals surface area contributed by atoms with E-state index in [0.29, 0.717) is 5.78 Å². The minimum Gasteiger partial charge on any atom is -0.308 e. The number of carbonyl (C=O) groups is 1. The molecule has 2 rings (SSSR count). The molecule has 0 amide bonds. The van der Waals surface area contributed by atoms with Gasteiger partial charge in [-0.1, -0.05) is 6.08 Å². The van der Waals surface area contributed by atoms with E-state index in [1.165, 1.54) is 19.3 Å². The molecule has 0 unspecified atom stereocenters. The monoisotopic (exact) mass is 193 g/mol. The minimum absolute atomic E-state index is 0.177. The number of allylic oxidation sites excluding steroid dienone is 1. The lowest BCUT2D eigenvalue weighted by Crippen LogP contribution is -2.56. The molecule has 2 heteroatoms. The quantitative estimate of drug-likeness (QED) is 0.744. The van der Waals surface area contributed by atoms with E-state index in [1.54, 1.807) is 0 Å². The molecule has 2 aliphatic carbocycles. The summed E-state index contributed by atoms with van der Waals surface area (Å²) in [5, 5.41) is 3.22. The van der Waals surface area contributed by atoms with Gasteiger partial charge in [0, 0.05) is 0 Å². The summed E-state index contributed by atoms with van der Waals surface area (Å²) < 4.78 is 0. The van der Waals surface area contributed by atoms with Crippen LogP contribution >= 0.6 is 0 Å². The van der Waals surface area contributed by atoms with Crippen LogP contribution in [-0.2, 0) is 4.79 Å². The minimum atomic E-state index is -0.177. The van der Waals surface area contributed by atoms with Crippen LogP contribution in [0.25, 0.3) is 0 Å². The highest BCUT2D eigenvalue weighted by atomic mass is 16.1. The molecule has 0 aromatic carbocycles. The third-order valence-corrected chi connectivity index (χ3v) is 3.70. The van der Waals surface area contributed by atoms with Crippen molar-refractivity contribution in [2.75, 3.05) is 7.05 Å². The second-order valence-electron chi connectivity index (χ2n) is 4.49. The van der Waals surface area contributed by atoms with Crippen LogP contribution < -0.4 is 5.32 Å². The largest absolute Gasteiger partial charge is 0.308 e. The summed E-state index contributed by atoms with van der Waals surface area (Å²) in [4.78, 5) is 12.2. The molecule has 0 spiro atoms. The van der Waals surface area contributed by atoms with E-state index in [4.69, 9.17) is 0 Å². The van der Waals surface area contributed by atoms with E-state index >= 15 is 0 Å². The zero-order valence-electron chi connectivity index (χ0n) is 8.94. The fraction of sp³-hybridized carbons (Fsp3) is 0.750. The number of nitrogens with one attached hydrogen (secondary N) is 1. The summed E-state index contributed by atoms with van der Waals surface area (Å²) in [6.07, 6.45) is 9.95. The highest BCUT2D eigenvalue weighted by molar-refractivity contribution is 6.03. The van der Waals surface area contributed by atoms with Crippen molar-refractivity contribution in [1.82, 2.24) is 5.32 Å². The van der Waals surface area contributed by atoms with Crippen molar-refractivity contribution in [3.05, 3.63) is 11.6 Å². The topological polar surface area (TPSA) is 29.1 Å². The Balaban J connectivity index is 2.09. The lowest BCUT2D eigenvalue weighted by atomic mass is 9.70. The van der Waals surface area contributed by atoms with Crippen LogP contribution in [0.15, 0.2) is 11.6 Å². The number of Topliss-reactive ketones (excluding diaryl/α,β-unsaturated/α-hetero) is 1. The van der Waals surface area contributed by atoms with Gasteiger partial charge in [0.25, 0.3) is 0 Å². The smallest absolute Gasteiger partial charge is 0.178 e. The van der Waals surface area contributed by atoms with Gasteiger partial charge in [-0.3, -0.25) is 4.79 Å². The average Bonchev–Trinajstić information content (AvgIpc) is 2.18. The highest BCUT2D eigenvalue weighted by Gasteiger charge is 2.43. The standard InChI is InChI=1S/C12H19NO/c1-13-12(8-5-9-12)11(14)10-6-3-2-4-7-10/h6,13H,2-5,7-9H2,1H3. The molecule has 0 bridgehead atoms. The van der Waals surface area contributed by atoms with E-state index in [2.05, 4.69) is 11.4 Å². The number of rotatable bonds is 3. The first-order valence-electron chi connectivity index (χ1n) is 5.71. The van der Waals surface area contributed by atoms with Crippen molar-refractivity contribution in [2.24, 2.45) is 0 Å². The Morgan fingerprint density at radius 3 is 2.57 bits per heavy atom. The van der Waals surface area contributed by atoms with Gasteiger partial charge in [0.05, 0.1) is 5.54 Å². The zero-order valence-corrected chi connectivity index (χ0v) is 8.94. The van der Waals surface area contributed by atoms with Crippen LogP contribution in [0.4, 0.5) is 0 Å². The first-order valence-corrected chi connectivity index (χ1v) is 5.71. The Kier molecular flexibility index (Phi) is 2.73. The summed E-state index contributed by atoms with van der Waals surface area (Å²) in [5.41, 5.74) is 0.911. The number of hydrogen-bond acceptors (Lipinski definition) is 2. The van der Waals surface area contributed by atoms with Gasteiger partial charge in [0.2, 0.25) is 0 Å². The van der Waals surface area contributed by atoms with Crippen LogP contribution in [0.3, 0.4) is 0 Å². The predicted octanol–water partition coefficient (Wildman–Crippen LogP) is 2.20. The lowest BCUT2D eigenvalue weighted by molar-refractivity contribution is -0.124. The molecule has 1 N–H and O–H groups in total. The summed E-state index contributed by atoms with van der Waals surface area (Å²) in [5.74, 6) is 0.381. The molecule has 0 saturated heterocycles. The highest BCUT2D eigenvalue weighted by Crippen LogP contribution is 2.36. The molecule has 0 aliphatic heterocycles. The number of carbonyl (C=O) groups excluding carboxylic acids is 1. The van der Waals surface area contributed by atoms with E-state index in [0.717, 1.165) is 31.3 Å². The first kappa shape index (κ1) is 9.91. The van der Waals surface area contributed by atoms with Gasteiger partial charge in [0.1, 0.15) is 0 Å². The van der Waals surface area contributed by atoms with Crippen molar-refractivity contribution >= 4 is 5.78 Å². The second kappa shape index (κ2) is 3.85. The fourth-order valence-corrected chi connectivity index (χ4v) is 2.47. The Hall–Kier alpha value is -0.630. The van der Waals surface area contributed by atoms with Crippen molar-refractivity contribution in [2.45, 2.75) is 50.5 Å². The van der Waals surface area contributed by atoms with E-state index in [-0.39, 0.29) is 5.54 Å². The Labute approximate surface area is 85.8 Å². The van der Waals surface area contributed by atoms with Crippen LogP contribution in [0.1, 0.15) is 44.9 Å². The molecule has 1 saturated carbocycles.